The van der Waals surface area contributed by atoms with E-state index in [-0.39, 0.29) is 11.8 Å². The second-order valence-corrected chi connectivity index (χ2v) is 5.97. The molecule has 0 bridgehead atoms. The highest BCUT2D eigenvalue weighted by molar-refractivity contribution is 6.03. The van der Waals surface area contributed by atoms with Gasteiger partial charge in [-0.3, -0.25) is 9.59 Å². The summed E-state index contributed by atoms with van der Waals surface area (Å²) >= 11 is 0. The van der Waals surface area contributed by atoms with Crippen LogP contribution in [0.15, 0.2) is 84.9 Å². The Morgan fingerprint density at radius 2 is 1.56 bits per heavy atom. The SMILES string of the molecule is CNC(=O)c1cccc(NC(=O)/C=C/c2cccc(-c3ccccc3)c2)c1. The summed E-state index contributed by atoms with van der Waals surface area (Å²) < 4.78 is 0. The molecule has 0 atom stereocenters. The zero-order valence-corrected chi connectivity index (χ0v) is 15.0. The number of carbonyl (C=O) groups excluding carboxylic acids is 2. The molecule has 0 radical (unpaired) electrons. The van der Waals surface area contributed by atoms with Gasteiger partial charge in [0.25, 0.3) is 5.91 Å². The molecule has 0 saturated heterocycles. The van der Waals surface area contributed by atoms with Crippen LogP contribution in [-0.2, 0) is 4.79 Å². The predicted octanol–water partition coefficient (Wildman–Crippen LogP) is 4.37. The summed E-state index contributed by atoms with van der Waals surface area (Å²) in [6, 6.07) is 24.9. The number of hydrogen-bond donors (Lipinski definition) is 2. The van der Waals surface area contributed by atoms with Crippen LogP contribution in [-0.4, -0.2) is 18.9 Å². The van der Waals surface area contributed by atoms with Crippen LogP contribution >= 0.6 is 0 Å². The number of carbonyl (C=O) groups is 2. The first kappa shape index (κ1) is 18.1. The fraction of sp³-hybridized carbons (Fsp3) is 0.0435. The van der Waals surface area contributed by atoms with Gasteiger partial charge < -0.3 is 10.6 Å². The standard InChI is InChI=1S/C23H20N2O2/c1-24-23(27)20-11-6-12-21(16-20)25-22(26)14-13-17-7-5-10-19(15-17)18-8-3-2-4-9-18/h2-16H,1H3,(H,24,27)(H,25,26)/b14-13+. The van der Waals surface area contributed by atoms with Crippen molar-refractivity contribution in [1.29, 1.82) is 0 Å². The van der Waals surface area contributed by atoms with E-state index in [1.165, 1.54) is 6.08 Å². The minimum Gasteiger partial charge on any atom is -0.355 e. The lowest BCUT2D eigenvalue weighted by atomic mass is 10.0. The van der Waals surface area contributed by atoms with Gasteiger partial charge in [0, 0.05) is 24.4 Å². The van der Waals surface area contributed by atoms with Gasteiger partial charge in [-0.2, -0.15) is 0 Å². The van der Waals surface area contributed by atoms with E-state index in [1.54, 1.807) is 37.4 Å². The van der Waals surface area contributed by atoms with Crippen molar-refractivity contribution in [2.75, 3.05) is 12.4 Å². The van der Waals surface area contributed by atoms with Crippen LogP contribution in [0.3, 0.4) is 0 Å². The second-order valence-electron chi connectivity index (χ2n) is 5.97. The van der Waals surface area contributed by atoms with Gasteiger partial charge in [-0.1, -0.05) is 54.6 Å². The van der Waals surface area contributed by atoms with Crippen molar-refractivity contribution in [3.63, 3.8) is 0 Å². The van der Waals surface area contributed by atoms with Gasteiger partial charge in [0.2, 0.25) is 5.91 Å². The van der Waals surface area contributed by atoms with E-state index < -0.39 is 0 Å². The van der Waals surface area contributed by atoms with Crippen molar-refractivity contribution in [1.82, 2.24) is 5.32 Å². The Morgan fingerprint density at radius 3 is 2.33 bits per heavy atom. The summed E-state index contributed by atoms with van der Waals surface area (Å²) in [5.41, 5.74) is 4.23. The molecule has 4 heteroatoms. The van der Waals surface area contributed by atoms with Crippen molar-refractivity contribution >= 4 is 23.6 Å². The molecule has 0 aliphatic heterocycles. The van der Waals surface area contributed by atoms with Crippen LogP contribution in [0.2, 0.25) is 0 Å². The molecule has 0 saturated carbocycles. The molecule has 3 rings (SSSR count). The monoisotopic (exact) mass is 356 g/mol. The number of anilines is 1. The largest absolute Gasteiger partial charge is 0.355 e. The Labute approximate surface area is 158 Å². The summed E-state index contributed by atoms with van der Waals surface area (Å²) in [4.78, 5) is 23.9. The van der Waals surface area contributed by atoms with Crippen LogP contribution in [0.5, 0.6) is 0 Å². The summed E-state index contributed by atoms with van der Waals surface area (Å²) in [6.45, 7) is 0. The third-order valence-corrected chi connectivity index (χ3v) is 4.04. The Morgan fingerprint density at radius 1 is 0.815 bits per heavy atom. The summed E-state index contributed by atoms with van der Waals surface area (Å²) in [5, 5.41) is 5.33. The lowest BCUT2D eigenvalue weighted by Gasteiger charge is -2.05. The van der Waals surface area contributed by atoms with Crippen LogP contribution in [0.25, 0.3) is 17.2 Å². The first-order valence-electron chi connectivity index (χ1n) is 8.62. The van der Waals surface area contributed by atoms with Crippen LogP contribution in [0.1, 0.15) is 15.9 Å². The molecule has 0 unspecified atom stereocenters. The highest BCUT2D eigenvalue weighted by Gasteiger charge is 2.05. The fourth-order valence-electron chi connectivity index (χ4n) is 2.69. The van der Waals surface area contributed by atoms with Crippen molar-refractivity contribution < 1.29 is 9.59 Å². The molecule has 3 aromatic carbocycles. The summed E-state index contributed by atoms with van der Waals surface area (Å²) in [5.74, 6) is -0.450. The number of nitrogens with one attached hydrogen (secondary N) is 2. The quantitative estimate of drug-likeness (QED) is 0.667. The molecule has 0 aliphatic rings. The van der Waals surface area contributed by atoms with Gasteiger partial charge in [-0.05, 0) is 47.0 Å². The van der Waals surface area contributed by atoms with Gasteiger partial charge in [-0.25, -0.2) is 0 Å². The Hall–Kier alpha value is -3.66. The number of benzene rings is 3. The summed E-state index contributed by atoms with van der Waals surface area (Å²) in [7, 11) is 1.57. The molecule has 2 N–H and O–H groups in total. The molecule has 0 aromatic heterocycles. The smallest absolute Gasteiger partial charge is 0.251 e. The second kappa shape index (κ2) is 8.63. The third-order valence-electron chi connectivity index (χ3n) is 4.04. The van der Waals surface area contributed by atoms with Crippen molar-refractivity contribution in [2.45, 2.75) is 0 Å². The van der Waals surface area contributed by atoms with E-state index in [4.69, 9.17) is 0 Å². The maximum absolute atomic E-state index is 12.2. The van der Waals surface area contributed by atoms with Gasteiger partial charge in [0.05, 0.1) is 0 Å². The molecule has 3 aromatic rings. The van der Waals surface area contributed by atoms with E-state index in [0.29, 0.717) is 11.3 Å². The highest BCUT2D eigenvalue weighted by Crippen LogP contribution is 2.20. The first-order valence-corrected chi connectivity index (χ1v) is 8.62. The van der Waals surface area contributed by atoms with Gasteiger partial charge >= 0.3 is 0 Å². The highest BCUT2D eigenvalue weighted by atomic mass is 16.2. The van der Waals surface area contributed by atoms with E-state index >= 15 is 0 Å². The molecular formula is C23H20N2O2. The minimum atomic E-state index is -0.255. The van der Waals surface area contributed by atoms with Crippen LogP contribution < -0.4 is 10.6 Å². The van der Waals surface area contributed by atoms with E-state index in [9.17, 15) is 9.59 Å². The normalized spacial score (nSPS) is 10.6. The van der Waals surface area contributed by atoms with Gasteiger partial charge in [-0.15, -0.1) is 0 Å². The zero-order chi connectivity index (χ0) is 19.1. The molecule has 0 spiro atoms. The molecule has 4 nitrogen and oxygen atoms in total. The van der Waals surface area contributed by atoms with Crippen molar-refractivity contribution in [3.8, 4) is 11.1 Å². The molecule has 0 aliphatic carbocycles. The Bertz CT molecular complexity index is 978. The summed E-state index contributed by atoms with van der Waals surface area (Å²) in [6.07, 6.45) is 3.25. The lowest BCUT2D eigenvalue weighted by Crippen LogP contribution is -2.18. The Kier molecular flexibility index (Phi) is 5.80. The van der Waals surface area contributed by atoms with Gasteiger partial charge in [0.15, 0.2) is 0 Å². The number of amides is 2. The van der Waals surface area contributed by atoms with Crippen LogP contribution in [0.4, 0.5) is 5.69 Å². The third kappa shape index (κ3) is 4.92. The molecule has 2 amide bonds. The van der Waals surface area contributed by atoms with Gasteiger partial charge in [0.1, 0.15) is 0 Å². The first-order chi connectivity index (χ1) is 13.2. The average molecular weight is 356 g/mol. The molecule has 134 valence electrons. The van der Waals surface area contributed by atoms with E-state index in [1.807, 2.05) is 42.5 Å². The predicted molar refractivity (Wildman–Crippen MR) is 109 cm³/mol. The fourth-order valence-corrected chi connectivity index (χ4v) is 2.69. The molecule has 0 heterocycles. The number of hydrogen-bond acceptors (Lipinski definition) is 2. The zero-order valence-electron chi connectivity index (χ0n) is 15.0. The van der Waals surface area contributed by atoms with Crippen molar-refractivity contribution in [3.05, 3.63) is 96.1 Å². The van der Waals surface area contributed by atoms with Crippen molar-refractivity contribution in [2.24, 2.45) is 0 Å². The average Bonchev–Trinajstić information content (AvgIpc) is 2.73. The van der Waals surface area contributed by atoms with Crippen LogP contribution in [0, 0.1) is 0 Å². The molecule has 0 fully saturated rings. The number of rotatable bonds is 5. The van der Waals surface area contributed by atoms with E-state index in [2.05, 4.69) is 22.8 Å². The maximum atomic E-state index is 12.2. The Balaban J connectivity index is 1.70. The topological polar surface area (TPSA) is 58.2 Å². The molecule has 27 heavy (non-hydrogen) atoms. The molecular weight excluding hydrogens is 336 g/mol. The minimum absolute atomic E-state index is 0.195. The lowest BCUT2D eigenvalue weighted by molar-refractivity contribution is -0.111. The van der Waals surface area contributed by atoms with E-state index in [0.717, 1.165) is 16.7 Å². The maximum Gasteiger partial charge on any atom is 0.251 e.